The van der Waals surface area contributed by atoms with Crippen LogP contribution in [0.2, 0.25) is 0 Å². The van der Waals surface area contributed by atoms with Crippen molar-refractivity contribution in [3.05, 3.63) is 65.7 Å². The molecule has 0 radical (unpaired) electrons. The van der Waals surface area contributed by atoms with Crippen molar-refractivity contribution >= 4 is 11.9 Å². The van der Waals surface area contributed by atoms with E-state index in [1.165, 1.54) is 5.56 Å². The summed E-state index contributed by atoms with van der Waals surface area (Å²) in [6.07, 6.45) is 1.85. The third-order valence-corrected chi connectivity index (χ3v) is 3.85. The van der Waals surface area contributed by atoms with Gasteiger partial charge in [0.15, 0.2) is 0 Å². The van der Waals surface area contributed by atoms with Crippen LogP contribution in [0.4, 0.5) is 5.69 Å². The Morgan fingerprint density at radius 1 is 0.913 bits per heavy atom. The molecule has 0 atom stereocenters. The van der Waals surface area contributed by atoms with Crippen molar-refractivity contribution < 1.29 is 0 Å². The van der Waals surface area contributed by atoms with E-state index in [1.807, 2.05) is 36.5 Å². The van der Waals surface area contributed by atoms with Gasteiger partial charge in [-0.3, -0.25) is 10.3 Å². The quantitative estimate of drug-likeness (QED) is 0.590. The van der Waals surface area contributed by atoms with Gasteiger partial charge in [-0.1, -0.05) is 42.5 Å². The number of para-hydroxylation sites is 1. The number of rotatable bonds is 7. The van der Waals surface area contributed by atoms with Gasteiger partial charge in [-0.15, -0.1) is 0 Å². The average Bonchev–Trinajstić information content (AvgIpc) is 2.54. The Kier molecular flexibility index (Phi) is 6.36. The number of nitrogens with one attached hydrogen (secondary N) is 1. The van der Waals surface area contributed by atoms with Gasteiger partial charge in [0, 0.05) is 18.6 Å². The van der Waals surface area contributed by atoms with Gasteiger partial charge in [-0.25, -0.2) is 0 Å². The molecule has 3 heteroatoms. The molecule has 0 spiro atoms. The van der Waals surface area contributed by atoms with Crippen molar-refractivity contribution in [2.45, 2.75) is 46.3 Å². The van der Waals surface area contributed by atoms with Crippen molar-refractivity contribution in [2.75, 3.05) is 5.43 Å². The van der Waals surface area contributed by atoms with Crippen molar-refractivity contribution in [1.29, 1.82) is 0 Å². The van der Waals surface area contributed by atoms with Crippen LogP contribution in [0.5, 0.6) is 0 Å². The predicted molar refractivity (Wildman–Crippen MR) is 99.9 cm³/mol. The van der Waals surface area contributed by atoms with Crippen LogP contribution in [-0.4, -0.2) is 23.2 Å². The summed E-state index contributed by atoms with van der Waals surface area (Å²) < 4.78 is 0. The Bertz CT molecular complexity index is 593. The van der Waals surface area contributed by atoms with E-state index in [9.17, 15) is 0 Å². The second kappa shape index (κ2) is 8.49. The van der Waals surface area contributed by atoms with E-state index >= 15 is 0 Å². The first kappa shape index (κ1) is 17.2. The molecule has 0 aliphatic carbocycles. The first-order valence-corrected chi connectivity index (χ1v) is 8.25. The molecule has 122 valence electrons. The highest BCUT2D eigenvalue weighted by Crippen LogP contribution is 2.12. The first-order chi connectivity index (χ1) is 11.1. The summed E-state index contributed by atoms with van der Waals surface area (Å²) in [7, 11) is 0. The predicted octanol–water partition coefficient (Wildman–Crippen LogP) is 4.75. The van der Waals surface area contributed by atoms with E-state index in [0.717, 1.165) is 17.8 Å². The molecule has 1 N–H and O–H groups in total. The fraction of sp³-hybridized carbons (Fsp3) is 0.350. The Morgan fingerprint density at radius 3 is 2.09 bits per heavy atom. The third kappa shape index (κ3) is 5.53. The molecule has 0 aliphatic heterocycles. The zero-order valence-electron chi connectivity index (χ0n) is 14.5. The zero-order valence-corrected chi connectivity index (χ0v) is 14.5. The van der Waals surface area contributed by atoms with Crippen LogP contribution in [0.25, 0.3) is 0 Å². The van der Waals surface area contributed by atoms with Crippen molar-refractivity contribution in [3.8, 4) is 0 Å². The number of anilines is 1. The van der Waals surface area contributed by atoms with E-state index < -0.39 is 0 Å². The first-order valence-electron chi connectivity index (χ1n) is 8.25. The standard InChI is InChI=1S/C20H27N3/c1-16(2)23(17(3)4)15-19-12-10-18(11-13-19)14-21-22-20-8-6-5-7-9-20/h5-14,16-17,22H,15H2,1-4H3. The molecule has 0 aliphatic rings. The smallest absolute Gasteiger partial charge is 0.0561 e. The molecule has 0 aromatic heterocycles. The Morgan fingerprint density at radius 2 is 1.52 bits per heavy atom. The molecule has 2 rings (SSSR count). The van der Waals surface area contributed by atoms with Gasteiger partial charge in [0.1, 0.15) is 0 Å². The van der Waals surface area contributed by atoms with E-state index in [4.69, 9.17) is 0 Å². The number of hydrogen-bond donors (Lipinski definition) is 1. The Labute approximate surface area is 140 Å². The normalized spacial score (nSPS) is 11.8. The maximum absolute atomic E-state index is 4.27. The van der Waals surface area contributed by atoms with Gasteiger partial charge in [-0.05, 0) is 51.0 Å². The number of benzene rings is 2. The van der Waals surface area contributed by atoms with Gasteiger partial charge < -0.3 is 0 Å². The molecular weight excluding hydrogens is 282 g/mol. The van der Waals surface area contributed by atoms with Crippen molar-refractivity contribution in [1.82, 2.24) is 4.90 Å². The summed E-state index contributed by atoms with van der Waals surface area (Å²) in [5, 5.41) is 4.27. The average molecular weight is 309 g/mol. The molecule has 0 saturated carbocycles. The molecular formula is C20H27N3. The van der Waals surface area contributed by atoms with Gasteiger partial charge in [0.25, 0.3) is 0 Å². The lowest BCUT2D eigenvalue weighted by atomic mass is 10.1. The van der Waals surface area contributed by atoms with Crippen LogP contribution in [0.3, 0.4) is 0 Å². The molecule has 23 heavy (non-hydrogen) atoms. The lowest BCUT2D eigenvalue weighted by Gasteiger charge is -2.30. The van der Waals surface area contributed by atoms with Gasteiger partial charge in [-0.2, -0.15) is 5.10 Å². The molecule has 0 amide bonds. The lowest BCUT2D eigenvalue weighted by Crippen LogP contribution is -2.36. The topological polar surface area (TPSA) is 27.6 Å². The molecule has 0 bridgehead atoms. The summed E-state index contributed by atoms with van der Waals surface area (Å²) in [5.74, 6) is 0. The van der Waals surface area contributed by atoms with Crippen LogP contribution in [-0.2, 0) is 6.54 Å². The highest BCUT2D eigenvalue weighted by Gasteiger charge is 2.13. The summed E-state index contributed by atoms with van der Waals surface area (Å²) in [6.45, 7) is 9.97. The van der Waals surface area contributed by atoms with Gasteiger partial charge in [0.05, 0.1) is 11.9 Å². The molecule has 0 saturated heterocycles. The number of hydrazone groups is 1. The molecule has 0 heterocycles. The summed E-state index contributed by atoms with van der Waals surface area (Å²) in [6, 6.07) is 19.6. The second-order valence-corrected chi connectivity index (χ2v) is 6.34. The van der Waals surface area contributed by atoms with Crippen LogP contribution >= 0.6 is 0 Å². The Hall–Kier alpha value is -2.13. The summed E-state index contributed by atoms with van der Waals surface area (Å²) in [4.78, 5) is 2.49. The van der Waals surface area contributed by atoms with Gasteiger partial charge in [0.2, 0.25) is 0 Å². The van der Waals surface area contributed by atoms with E-state index in [2.05, 4.69) is 67.4 Å². The SMILES string of the molecule is CC(C)N(Cc1ccc(C=NNc2ccccc2)cc1)C(C)C. The number of nitrogens with zero attached hydrogens (tertiary/aromatic N) is 2. The van der Waals surface area contributed by atoms with E-state index in [0.29, 0.717) is 12.1 Å². The Balaban J connectivity index is 1.94. The minimum atomic E-state index is 0.548. The number of hydrogen-bond acceptors (Lipinski definition) is 3. The van der Waals surface area contributed by atoms with Gasteiger partial charge >= 0.3 is 0 Å². The minimum absolute atomic E-state index is 0.548. The second-order valence-electron chi connectivity index (χ2n) is 6.34. The van der Waals surface area contributed by atoms with Crippen molar-refractivity contribution in [2.24, 2.45) is 5.10 Å². The molecule has 3 nitrogen and oxygen atoms in total. The van der Waals surface area contributed by atoms with Crippen LogP contribution in [0, 0.1) is 0 Å². The largest absolute Gasteiger partial charge is 0.294 e. The van der Waals surface area contributed by atoms with Crippen molar-refractivity contribution in [3.63, 3.8) is 0 Å². The lowest BCUT2D eigenvalue weighted by molar-refractivity contribution is 0.166. The van der Waals surface area contributed by atoms with Crippen LogP contribution < -0.4 is 5.43 Å². The molecule has 2 aromatic carbocycles. The fourth-order valence-corrected chi connectivity index (χ4v) is 2.58. The van der Waals surface area contributed by atoms with E-state index in [1.54, 1.807) is 0 Å². The molecule has 0 fully saturated rings. The molecule has 2 aromatic rings. The highest BCUT2D eigenvalue weighted by molar-refractivity contribution is 5.80. The maximum atomic E-state index is 4.27. The third-order valence-electron chi connectivity index (χ3n) is 3.85. The molecule has 0 unspecified atom stereocenters. The highest BCUT2D eigenvalue weighted by atomic mass is 15.3. The summed E-state index contributed by atoms with van der Waals surface area (Å²) in [5.41, 5.74) is 6.45. The summed E-state index contributed by atoms with van der Waals surface area (Å²) >= 11 is 0. The van der Waals surface area contributed by atoms with E-state index in [-0.39, 0.29) is 0 Å². The zero-order chi connectivity index (χ0) is 16.7. The monoisotopic (exact) mass is 309 g/mol. The minimum Gasteiger partial charge on any atom is -0.294 e. The fourth-order valence-electron chi connectivity index (χ4n) is 2.58. The van der Waals surface area contributed by atoms with Crippen LogP contribution in [0.1, 0.15) is 38.8 Å². The van der Waals surface area contributed by atoms with Crippen LogP contribution in [0.15, 0.2) is 59.7 Å². The maximum Gasteiger partial charge on any atom is 0.0561 e.